The summed E-state index contributed by atoms with van der Waals surface area (Å²) >= 11 is 8.16. The van der Waals surface area contributed by atoms with E-state index in [2.05, 4.69) is 15.9 Å². The van der Waals surface area contributed by atoms with Crippen molar-refractivity contribution < 1.29 is 9.18 Å². The molecule has 1 nitrogen and oxygen atoms in total. The van der Waals surface area contributed by atoms with Gasteiger partial charge in [-0.15, -0.1) is 0 Å². The summed E-state index contributed by atoms with van der Waals surface area (Å²) in [5.74, 6) is -0.347. The first kappa shape index (κ1) is 9.68. The minimum atomic E-state index is -0.450. The normalized spacial score (nSPS) is 9.92. The molecule has 0 heterocycles. The van der Waals surface area contributed by atoms with Gasteiger partial charge in [-0.05, 0) is 45.2 Å². The van der Waals surface area contributed by atoms with Crippen LogP contribution in [0.15, 0.2) is 22.7 Å². The molecule has 1 rings (SSSR count). The second-order valence-electron chi connectivity index (χ2n) is 2.28. The van der Waals surface area contributed by atoms with E-state index in [-0.39, 0.29) is 12.2 Å². The number of hydrogen-bond donors (Lipinski definition) is 0. The van der Waals surface area contributed by atoms with Crippen molar-refractivity contribution in [3.8, 4) is 0 Å². The fourth-order valence-electron chi connectivity index (χ4n) is 0.810. The van der Waals surface area contributed by atoms with E-state index in [0.29, 0.717) is 10.0 Å². The molecule has 0 unspecified atom stereocenters. The zero-order chi connectivity index (χ0) is 9.14. The van der Waals surface area contributed by atoms with Gasteiger partial charge in [0.25, 0.3) is 0 Å². The van der Waals surface area contributed by atoms with E-state index in [0.717, 1.165) is 0 Å². The fourth-order valence-corrected chi connectivity index (χ4v) is 1.39. The van der Waals surface area contributed by atoms with Crippen LogP contribution in [0.1, 0.15) is 5.56 Å². The van der Waals surface area contributed by atoms with Gasteiger partial charge in [0, 0.05) is 6.42 Å². The Labute approximate surface area is 82.7 Å². The van der Waals surface area contributed by atoms with Gasteiger partial charge in [-0.2, -0.15) is 0 Å². The molecule has 0 radical (unpaired) electrons. The second kappa shape index (κ2) is 4.01. The van der Waals surface area contributed by atoms with Crippen LogP contribution in [-0.4, -0.2) is 5.24 Å². The number of rotatable bonds is 2. The van der Waals surface area contributed by atoms with E-state index >= 15 is 0 Å². The van der Waals surface area contributed by atoms with Crippen LogP contribution in [0.5, 0.6) is 0 Å². The summed E-state index contributed by atoms with van der Waals surface area (Å²) in [5.41, 5.74) is 0.697. The van der Waals surface area contributed by atoms with Crippen LogP contribution >= 0.6 is 27.5 Å². The lowest BCUT2D eigenvalue weighted by atomic mass is 10.2. The van der Waals surface area contributed by atoms with E-state index in [1.54, 1.807) is 0 Å². The third-order valence-corrected chi connectivity index (χ3v) is 2.07. The lowest BCUT2D eigenvalue weighted by molar-refractivity contribution is -0.111. The van der Waals surface area contributed by atoms with Crippen molar-refractivity contribution in [1.82, 2.24) is 0 Å². The Bertz CT molecular complexity index is 314. The van der Waals surface area contributed by atoms with Gasteiger partial charge in [0.1, 0.15) is 5.82 Å². The first-order valence-corrected chi connectivity index (χ1v) is 4.39. The molecule has 1 aromatic carbocycles. The summed E-state index contributed by atoms with van der Waals surface area (Å²) in [6, 6.07) is 4.36. The van der Waals surface area contributed by atoms with E-state index < -0.39 is 5.24 Å². The van der Waals surface area contributed by atoms with E-state index in [1.165, 1.54) is 18.2 Å². The van der Waals surface area contributed by atoms with Crippen LogP contribution in [-0.2, 0) is 11.2 Å². The average Bonchev–Trinajstić information content (AvgIpc) is 1.96. The average molecular weight is 251 g/mol. The second-order valence-corrected chi connectivity index (χ2v) is 3.56. The van der Waals surface area contributed by atoms with E-state index in [1.807, 2.05) is 0 Å². The molecule has 0 amide bonds. The highest BCUT2D eigenvalue weighted by molar-refractivity contribution is 9.10. The zero-order valence-corrected chi connectivity index (χ0v) is 8.32. The number of halogens is 3. The molecule has 0 fully saturated rings. The summed E-state index contributed by atoms with van der Waals surface area (Å²) in [4.78, 5) is 10.5. The molecule has 12 heavy (non-hydrogen) atoms. The number of benzene rings is 1. The molecule has 0 aromatic heterocycles. The molecule has 0 aliphatic heterocycles. The molecule has 0 atom stereocenters. The molecule has 1 aromatic rings. The van der Waals surface area contributed by atoms with Crippen LogP contribution in [0.4, 0.5) is 4.39 Å². The van der Waals surface area contributed by atoms with Crippen molar-refractivity contribution in [1.29, 1.82) is 0 Å². The van der Waals surface area contributed by atoms with Crippen molar-refractivity contribution in [2.75, 3.05) is 0 Å². The van der Waals surface area contributed by atoms with Crippen LogP contribution in [0.25, 0.3) is 0 Å². The number of hydrogen-bond acceptors (Lipinski definition) is 1. The molecule has 0 N–H and O–H groups in total. The lowest BCUT2D eigenvalue weighted by Crippen LogP contribution is -1.93. The summed E-state index contributed by atoms with van der Waals surface area (Å²) < 4.78 is 13.0. The van der Waals surface area contributed by atoms with Gasteiger partial charge >= 0.3 is 0 Å². The highest BCUT2D eigenvalue weighted by atomic mass is 79.9. The highest BCUT2D eigenvalue weighted by Crippen LogP contribution is 2.17. The maximum Gasteiger partial charge on any atom is 0.226 e. The minimum Gasteiger partial charge on any atom is -0.281 e. The largest absolute Gasteiger partial charge is 0.281 e. The smallest absolute Gasteiger partial charge is 0.226 e. The molecule has 0 bridgehead atoms. The first-order valence-electron chi connectivity index (χ1n) is 3.22. The predicted molar refractivity (Wildman–Crippen MR) is 48.7 cm³/mol. The quantitative estimate of drug-likeness (QED) is 0.739. The molecular formula is C8H5BrClFO. The van der Waals surface area contributed by atoms with Gasteiger partial charge in [-0.1, -0.05) is 6.07 Å². The zero-order valence-electron chi connectivity index (χ0n) is 5.98. The van der Waals surface area contributed by atoms with Crippen molar-refractivity contribution in [3.63, 3.8) is 0 Å². The Balaban J connectivity index is 2.89. The maximum absolute atomic E-state index is 12.7. The van der Waals surface area contributed by atoms with Gasteiger partial charge in [-0.25, -0.2) is 4.39 Å². The van der Waals surface area contributed by atoms with Gasteiger partial charge in [0.2, 0.25) is 5.24 Å². The van der Waals surface area contributed by atoms with Gasteiger partial charge in [0.05, 0.1) is 4.47 Å². The molecule has 0 saturated carbocycles. The van der Waals surface area contributed by atoms with Crippen LogP contribution < -0.4 is 0 Å². The third kappa shape index (κ3) is 2.57. The molecular weight excluding hydrogens is 246 g/mol. The minimum absolute atomic E-state index is 0.125. The molecule has 4 heteroatoms. The summed E-state index contributed by atoms with van der Waals surface area (Å²) in [5, 5.41) is -0.450. The van der Waals surface area contributed by atoms with E-state index in [4.69, 9.17) is 11.6 Å². The van der Waals surface area contributed by atoms with Gasteiger partial charge < -0.3 is 0 Å². The molecule has 0 aliphatic carbocycles. The molecule has 0 saturated heterocycles. The van der Waals surface area contributed by atoms with Gasteiger partial charge in [-0.3, -0.25) is 4.79 Å². The predicted octanol–water partition coefficient (Wildman–Crippen LogP) is 2.90. The monoisotopic (exact) mass is 250 g/mol. The highest BCUT2D eigenvalue weighted by Gasteiger charge is 2.03. The molecule has 0 spiro atoms. The molecule has 0 aliphatic rings. The fraction of sp³-hybridized carbons (Fsp3) is 0.125. The Kier molecular flexibility index (Phi) is 3.23. The summed E-state index contributed by atoms with van der Waals surface area (Å²) in [6.07, 6.45) is 0.125. The topological polar surface area (TPSA) is 17.1 Å². The van der Waals surface area contributed by atoms with Crippen LogP contribution in [0, 0.1) is 5.82 Å². The van der Waals surface area contributed by atoms with Crippen molar-refractivity contribution in [2.45, 2.75) is 6.42 Å². The Morgan fingerprint density at radius 3 is 2.75 bits per heavy atom. The Morgan fingerprint density at radius 1 is 1.58 bits per heavy atom. The maximum atomic E-state index is 12.7. The Hall–Kier alpha value is -0.410. The standard InChI is InChI=1S/C8H5BrClFO/c9-6-3-5(4-8(10)12)1-2-7(6)11/h1-3H,4H2. The number of carbonyl (C=O) groups excluding carboxylic acids is 1. The third-order valence-electron chi connectivity index (χ3n) is 1.33. The van der Waals surface area contributed by atoms with Crippen molar-refractivity contribution in [3.05, 3.63) is 34.1 Å². The van der Waals surface area contributed by atoms with Crippen molar-refractivity contribution in [2.24, 2.45) is 0 Å². The van der Waals surface area contributed by atoms with Crippen molar-refractivity contribution >= 4 is 32.8 Å². The Morgan fingerprint density at radius 2 is 2.25 bits per heavy atom. The first-order chi connectivity index (χ1) is 5.59. The lowest BCUT2D eigenvalue weighted by Gasteiger charge is -1.98. The van der Waals surface area contributed by atoms with Crippen LogP contribution in [0.3, 0.4) is 0 Å². The SMILES string of the molecule is O=C(Cl)Cc1ccc(F)c(Br)c1. The summed E-state index contributed by atoms with van der Waals surface area (Å²) in [6.45, 7) is 0. The number of carbonyl (C=O) groups is 1. The van der Waals surface area contributed by atoms with Crippen LogP contribution in [0.2, 0.25) is 0 Å². The van der Waals surface area contributed by atoms with Gasteiger partial charge in [0.15, 0.2) is 0 Å². The van der Waals surface area contributed by atoms with E-state index in [9.17, 15) is 9.18 Å². The summed E-state index contributed by atoms with van der Waals surface area (Å²) in [7, 11) is 0. The molecule has 64 valence electrons.